The highest BCUT2D eigenvalue weighted by Crippen LogP contribution is 2.18. The van der Waals surface area contributed by atoms with Crippen molar-refractivity contribution >= 4 is 23.5 Å². The van der Waals surface area contributed by atoms with E-state index in [-0.39, 0.29) is 0 Å². The quantitative estimate of drug-likeness (QED) is 0.845. The van der Waals surface area contributed by atoms with Crippen LogP contribution in [-0.2, 0) is 6.42 Å². The zero-order chi connectivity index (χ0) is 12.1. The number of anilines is 1. The average molecular weight is 247 g/mol. The van der Waals surface area contributed by atoms with Gasteiger partial charge in [0.05, 0.1) is 0 Å². The van der Waals surface area contributed by atoms with E-state index in [0.29, 0.717) is 17.4 Å². The average Bonchev–Trinajstić information content (AvgIpc) is 2.34. The normalized spacial score (nSPS) is 10.9. The van der Waals surface area contributed by atoms with E-state index in [1.54, 1.807) is 12.4 Å². The van der Waals surface area contributed by atoms with Gasteiger partial charge in [-0.25, -0.2) is 9.97 Å². The van der Waals surface area contributed by atoms with Crippen LogP contribution in [-0.4, -0.2) is 15.0 Å². The fourth-order valence-corrected chi connectivity index (χ4v) is 1.60. The predicted octanol–water partition coefficient (Wildman–Crippen LogP) is 2.36. The number of nitrogen functional groups attached to an aromatic ring is 1. The number of nitrogens with zero attached hydrogens (tertiary/aromatic N) is 3. The van der Waals surface area contributed by atoms with Gasteiger partial charge in [-0.2, -0.15) is 0 Å². The van der Waals surface area contributed by atoms with Crippen LogP contribution in [0.15, 0.2) is 36.9 Å². The van der Waals surface area contributed by atoms with Crippen LogP contribution in [0.25, 0.3) is 6.08 Å². The monoisotopic (exact) mass is 246 g/mol. The van der Waals surface area contributed by atoms with E-state index in [4.69, 9.17) is 17.3 Å². The second-order valence-corrected chi connectivity index (χ2v) is 3.78. The maximum atomic E-state index is 5.93. The van der Waals surface area contributed by atoms with E-state index in [1.165, 1.54) is 6.33 Å². The van der Waals surface area contributed by atoms with Crippen molar-refractivity contribution < 1.29 is 0 Å². The predicted molar refractivity (Wildman–Crippen MR) is 68.4 cm³/mol. The van der Waals surface area contributed by atoms with Crippen molar-refractivity contribution in [2.24, 2.45) is 0 Å². The van der Waals surface area contributed by atoms with Crippen molar-refractivity contribution in [3.63, 3.8) is 0 Å². The highest BCUT2D eigenvalue weighted by molar-refractivity contribution is 6.30. The summed E-state index contributed by atoms with van der Waals surface area (Å²) >= 11 is 5.93. The Hall–Kier alpha value is -1.94. The van der Waals surface area contributed by atoms with Crippen LogP contribution in [0, 0.1) is 0 Å². The molecule has 2 rings (SSSR count). The minimum absolute atomic E-state index is 0.397. The first-order valence-electron chi connectivity index (χ1n) is 5.09. The molecular formula is C12H11ClN4. The van der Waals surface area contributed by atoms with Crippen LogP contribution in [0.1, 0.15) is 11.1 Å². The van der Waals surface area contributed by atoms with Crippen molar-refractivity contribution in [3.05, 3.63) is 53.2 Å². The van der Waals surface area contributed by atoms with E-state index in [9.17, 15) is 0 Å². The van der Waals surface area contributed by atoms with Crippen molar-refractivity contribution in [2.75, 3.05) is 5.73 Å². The molecule has 0 unspecified atom stereocenters. The lowest BCUT2D eigenvalue weighted by Crippen LogP contribution is -1.99. The van der Waals surface area contributed by atoms with Gasteiger partial charge in [-0.3, -0.25) is 4.98 Å². The lowest BCUT2D eigenvalue weighted by Gasteiger charge is -2.02. The summed E-state index contributed by atoms with van der Waals surface area (Å²) in [7, 11) is 0. The van der Waals surface area contributed by atoms with Crippen molar-refractivity contribution in [2.45, 2.75) is 6.42 Å². The molecule has 4 nitrogen and oxygen atoms in total. The Labute approximate surface area is 104 Å². The zero-order valence-electron chi connectivity index (χ0n) is 9.05. The largest absolute Gasteiger partial charge is 0.383 e. The molecule has 0 atom stereocenters. The van der Waals surface area contributed by atoms with Gasteiger partial charge in [-0.15, -0.1) is 0 Å². The van der Waals surface area contributed by atoms with Gasteiger partial charge < -0.3 is 5.73 Å². The van der Waals surface area contributed by atoms with Gasteiger partial charge in [0, 0.05) is 18.0 Å². The Kier molecular flexibility index (Phi) is 3.67. The Bertz CT molecular complexity index is 505. The fraction of sp³-hybridized carbons (Fsp3) is 0.0833. The molecule has 0 radical (unpaired) electrons. The second-order valence-electron chi connectivity index (χ2n) is 3.42. The molecule has 0 bridgehead atoms. The molecule has 0 saturated carbocycles. The van der Waals surface area contributed by atoms with Crippen LogP contribution in [0.3, 0.4) is 0 Å². The summed E-state index contributed by atoms with van der Waals surface area (Å²) in [5, 5.41) is 0.397. The van der Waals surface area contributed by atoms with Crippen LogP contribution in [0.5, 0.6) is 0 Å². The maximum Gasteiger partial charge on any atom is 0.138 e. The zero-order valence-corrected chi connectivity index (χ0v) is 9.80. The Morgan fingerprint density at radius 2 is 2.24 bits per heavy atom. The molecule has 2 N–H and O–H groups in total. The number of aromatic nitrogens is 3. The third-order valence-corrected chi connectivity index (χ3v) is 2.57. The molecule has 17 heavy (non-hydrogen) atoms. The lowest BCUT2D eigenvalue weighted by molar-refractivity contribution is 1.10. The minimum Gasteiger partial charge on any atom is -0.383 e. The highest BCUT2D eigenvalue weighted by Gasteiger charge is 2.04. The number of nitrogens with two attached hydrogens (primary N) is 1. The van der Waals surface area contributed by atoms with Crippen molar-refractivity contribution in [1.82, 2.24) is 15.0 Å². The third-order valence-electron chi connectivity index (χ3n) is 2.24. The summed E-state index contributed by atoms with van der Waals surface area (Å²) in [5.74, 6) is 0.417. The summed E-state index contributed by atoms with van der Waals surface area (Å²) in [6.07, 6.45) is 9.38. The molecule has 0 aliphatic rings. The molecule has 0 aromatic carbocycles. The molecule has 2 heterocycles. The van der Waals surface area contributed by atoms with Crippen LogP contribution < -0.4 is 5.73 Å². The van der Waals surface area contributed by atoms with Crippen LogP contribution in [0.4, 0.5) is 5.82 Å². The van der Waals surface area contributed by atoms with Crippen molar-refractivity contribution in [3.8, 4) is 0 Å². The van der Waals surface area contributed by atoms with Gasteiger partial charge in [-0.05, 0) is 18.1 Å². The number of rotatable bonds is 3. The number of halogens is 1. The van der Waals surface area contributed by atoms with Gasteiger partial charge >= 0.3 is 0 Å². The van der Waals surface area contributed by atoms with E-state index >= 15 is 0 Å². The second kappa shape index (κ2) is 5.41. The first-order valence-corrected chi connectivity index (χ1v) is 5.46. The summed E-state index contributed by atoms with van der Waals surface area (Å²) in [6, 6.07) is 3.85. The number of hydrogen-bond acceptors (Lipinski definition) is 4. The summed E-state index contributed by atoms with van der Waals surface area (Å²) in [5.41, 5.74) is 7.49. The minimum atomic E-state index is 0.397. The molecule has 5 heteroatoms. The van der Waals surface area contributed by atoms with Gasteiger partial charge in [0.2, 0.25) is 0 Å². The molecule has 86 valence electrons. The summed E-state index contributed by atoms with van der Waals surface area (Å²) < 4.78 is 0. The summed E-state index contributed by atoms with van der Waals surface area (Å²) in [4.78, 5) is 11.8. The SMILES string of the molecule is Nc1ncnc(Cl)c1C/C=C/c1cccnc1. The molecule has 0 amide bonds. The van der Waals surface area contributed by atoms with Gasteiger partial charge in [0.1, 0.15) is 17.3 Å². The molecule has 0 aliphatic carbocycles. The summed E-state index contributed by atoms with van der Waals surface area (Å²) in [6.45, 7) is 0. The van der Waals surface area contributed by atoms with Gasteiger partial charge in [0.25, 0.3) is 0 Å². The first kappa shape index (κ1) is 11.5. The standard InChI is InChI=1S/C12H11ClN4/c13-11-10(12(14)17-8-16-11)5-1-3-9-4-2-6-15-7-9/h1-4,6-8H,5H2,(H2,14,16,17)/b3-1+. The van der Waals surface area contributed by atoms with E-state index in [0.717, 1.165) is 11.1 Å². The topological polar surface area (TPSA) is 64.7 Å². The smallest absolute Gasteiger partial charge is 0.138 e. The van der Waals surface area contributed by atoms with Gasteiger partial charge in [0.15, 0.2) is 0 Å². The van der Waals surface area contributed by atoms with E-state index in [1.807, 2.05) is 24.3 Å². The molecule has 0 saturated heterocycles. The Morgan fingerprint density at radius 1 is 1.35 bits per heavy atom. The van der Waals surface area contributed by atoms with Gasteiger partial charge in [-0.1, -0.05) is 29.8 Å². The number of pyridine rings is 1. The molecule has 2 aromatic heterocycles. The third kappa shape index (κ3) is 3.01. The molecule has 0 aliphatic heterocycles. The number of allylic oxidation sites excluding steroid dienone is 1. The van der Waals surface area contributed by atoms with E-state index in [2.05, 4.69) is 15.0 Å². The Balaban J connectivity index is 2.10. The molecule has 0 fully saturated rings. The fourth-order valence-electron chi connectivity index (χ4n) is 1.38. The highest BCUT2D eigenvalue weighted by atomic mass is 35.5. The van der Waals surface area contributed by atoms with Crippen LogP contribution in [0.2, 0.25) is 5.15 Å². The first-order chi connectivity index (χ1) is 8.27. The molecule has 2 aromatic rings. The van der Waals surface area contributed by atoms with Crippen LogP contribution >= 0.6 is 11.6 Å². The Morgan fingerprint density at radius 3 is 2.94 bits per heavy atom. The molecular weight excluding hydrogens is 236 g/mol. The van der Waals surface area contributed by atoms with E-state index < -0.39 is 0 Å². The maximum absolute atomic E-state index is 5.93. The van der Waals surface area contributed by atoms with Crippen molar-refractivity contribution in [1.29, 1.82) is 0 Å². The lowest BCUT2D eigenvalue weighted by atomic mass is 10.2. The number of hydrogen-bond donors (Lipinski definition) is 1. The molecule has 0 spiro atoms.